The Morgan fingerprint density at radius 2 is 1.86 bits per heavy atom. The van der Waals surface area contributed by atoms with Crippen LogP contribution in [0.25, 0.3) is 5.65 Å². The molecule has 6 nitrogen and oxygen atoms in total. The van der Waals surface area contributed by atoms with Crippen molar-refractivity contribution in [1.82, 2.24) is 9.38 Å². The lowest BCUT2D eigenvalue weighted by atomic mass is 10.2. The van der Waals surface area contributed by atoms with Crippen LogP contribution in [0.2, 0.25) is 0 Å². The standard InChI is InChI=1S/C16H13N3O3/c1-10-3-2-4-14-18-13(9-19(10)14)15(20)17-12-7-5-11(6-8-12)16(21)22/h2-9H,1H3,(H,17,20)(H,21,22). The number of aromatic nitrogens is 2. The van der Waals surface area contributed by atoms with E-state index in [1.807, 2.05) is 29.5 Å². The fourth-order valence-electron chi connectivity index (χ4n) is 2.15. The molecule has 3 rings (SSSR count). The first kappa shape index (κ1) is 13.8. The number of carboxylic acid groups (broad SMARTS) is 1. The number of pyridine rings is 1. The number of benzene rings is 1. The van der Waals surface area contributed by atoms with E-state index in [1.165, 1.54) is 12.1 Å². The maximum absolute atomic E-state index is 12.2. The molecule has 2 N–H and O–H groups in total. The van der Waals surface area contributed by atoms with Crippen LogP contribution in [0, 0.1) is 6.92 Å². The summed E-state index contributed by atoms with van der Waals surface area (Å²) in [4.78, 5) is 27.3. The van der Waals surface area contributed by atoms with Crippen LogP contribution in [0.1, 0.15) is 26.5 Å². The number of aromatic carboxylic acids is 1. The molecule has 1 aromatic carbocycles. The van der Waals surface area contributed by atoms with Gasteiger partial charge in [0.05, 0.1) is 5.56 Å². The molecule has 0 aliphatic carbocycles. The Morgan fingerprint density at radius 1 is 1.14 bits per heavy atom. The van der Waals surface area contributed by atoms with Gasteiger partial charge >= 0.3 is 5.97 Å². The Bertz CT molecular complexity index is 866. The van der Waals surface area contributed by atoms with E-state index in [4.69, 9.17) is 5.11 Å². The molecule has 2 aromatic heterocycles. The highest BCUT2D eigenvalue weighted by atomic mass is 16.4. The molecule has 22 heavy (non-hydrogen) atoms. The van der Waals surface area contributed by atoms with E-state index in [1.54, 1.807) is 18.3 Å². The van der Waals surface area contributed by atoms with Gasteiger partial charge in [0.2, 0.25) is 0 Å². The SMILES string of the molecule is Cc1cccc2nc(C(=O)Nc3ccc(C(=O)O)cc3)cn12. The lowest BCUT2D eigenvalue weighted by Gasteiger charge is -2.03. The molecule has 6 heteroatoms. The van der Waals surface area contributed by atoms with Crippen molar-refractivity contribution in [3.05, 3.63) is 65.6 Å². The number of nitrogens with zero attached hydrogens (tertiary/aromatic N) is 2. The van der Waals surface area contributed by atoms with Crippen molar-refractivity contribution in [2.24, 2.45) is 0 Å². The smallest absolute Gasteiger partial charge is 0.335 e. The first-order valence-corrected chi connectivity index (χ1v) is 6.64. The van der Waals surface area contributed by atoms with E-state index in [9.17, 15) is 9.59 Å². The average molecular weight is 295 g/mol. The minimum atomic E-state index is -1.01. The molecule has 0 aliphatic rings. The molecule has 0 spiro atoms. The van der Waals surface area contributed by atoms with E-state index in [0.717, 1.165) is 5.69 Å². The van der Waals surface area contributed by atoms with E-state index in [2.05, 4.69) is 10.3 Å². The number of imidazole rings is 1. The highest BCUT2D eigenvalue weighted by molar-refractivity contribution is 6.03. The number of anilines is 1. The number of carboxylic acids is 1. The first-order valence-electron chi connectivity index (χ1n) is 6.64. The van der Waals surface area contributed by atoms with Crippen molar-refractivity contribution < 1.29 is 14.7 Å². The maximum Gasteiger partial charge on any atom is 0.335 e. The molecule has 0 aliphatic heterocycles. The Labute approximate surface area is 126 Å². The first-order chi connectivity index (χ1) is 10.5. The van der Waals surface area contributed by atoms with Gasteiger partial charge < -0.3 is 14.8 Å². The summed E-state index contributed by atoms with van der Waals surface area (Å²) in [5, 5.41) is 11.5. The fraction of sp³-hybridized carbons (Fsp3) is 0.0625. The molecule has 0 bridgehead atoms. The average Bonchev–Trinajstić information content (AvgIpc) is 2.93. The van der Waals surface area contributed by atoms with Crippen molar-refractivity contribution in [2.75, 3.05) is 5.32 Å². The zero-order chi connectivity index (χ0) is 15.7. The van der Waals surface area contributed by atoms with E-state index >= 15 is 0 Å². The van der Waals surface area contributed by atoms with Gasteiger partial charge in [0.25, 0.3) is 5.91 Å². The summed E-state index contributed by atoms with van der Waals surface area (Å²) in [6.45, 7) is 1.93. The number of rotatable bonds is 3. The Balaban J connectivity index is 1.83. The minimum Gasteiger partial charge on any atom is -0.478 e. The van der Waals surface area contributed by atoms with Crippen molar-refractivity contribution in [3.63, 3.8) is 0 Å². The number of carbonyl (C=O) groups is 2. The van der Waals surface area contributed by atoms with Gasteiger partial charge in [0.1, 0.15) is 11.3 Å². The van der Waals surface area contributed by atoms with Crippen LogP contribution in [-0.2, 0) is 0 Å². The van der Waals surface area contributed by atoms with E-state index in [0.29, 0.717) is 17.0 Å². The predicted molar refractivity (Wildman–Crippen MR) is 81.3 cm³/mol. The largest absolute Gasteiger partial charge is 0.478 e. The number of amides is 1. The second kappa shape index (κ2) is 5.33. The summed E-state index contributed by atoms with van der Waals surface area (Å²) < 4.78 is 1.84. The summed E-state index contributed by atoms with van der Waals surface area (Å²) >= 11 is 0. The fourth-order valence-corrected chi connectivity index (χ4v) is 2.15. The molecule has 0 saturated heterocycles. The predicted octanol–water partition coefficient (Wildman–Crippen LogP) is 2.59. The van der Waals surface area contributed by atoms with Gasteiger partial charge in [0, 0.05) is 17.6 Å². The molecule has 0 saturated carbocycles. The summed E-state index contributed by atoms with van der Waals surface area (Å²) in [6.07, 6.45) is 1.67. The summed E-state index contributed by atoms with van der Waals surface area (Å²) in [5.74, 6) is -1.35. The molecule has 110 valence electrons. The second-order valence-corrected chi connectivity index (χ2v) is 4.86. The van der Waals surface area contributed by atoms with Crippen LogP contribution in [0.3, 0.4) is 0 Å². The van der Waals surface area contributed by atoms with Crippen molar-refractivity contribution in [2.45, 2.75) is 6.92 Å². The molecule has 0 fully saturated rings. The van der Waals surface area contributed by atoms with Gasteiger partial charge in [-0.3, -0.25) is 4.79 Å². The molecule has 1 amide bonds. The Morgan fingerprint density at radius 3 is 2.50 bits per heavy atom. The van der Waals surface area contributed by atoms with Crippen LogP contribution in [-0.4, -0.2) is 26.4 Å². The number of hydrogen-bond donors (Lipinski definition) is 2. The third-order valence-electron chi connectivity index (χ3n) is 3.32. The topological polar surface area (TPSA) is 83.7 Å². The molecule has 0 radical (unpaired) electrons. The third kappa shape index (κ3) is 2.54. The molecule has 2 heterocycles. The highest BCUT2D eigenvalue weighted by Gasteiger charge is 2.12. The number of carbonyl (C=O) groups excluding carboxylic acids is 1. The highest BCUT2D eigenvalue weighted by Crippen LogP contribution is 2.13. The van der Waals surface area contributed by atoms with Crippen molar-refractivity contribution in [1.29, 1.82) is 0 Å². The van der Waals surface area contributed by atoms with Crippen LogP contribution in [0.4, 0.5) is 5.69 Å². The molecule has 0 unspecified atom stereocenters. The van der Waals surface area contributed by atoms with Crippen molar-refractivity contribution in [3.8, 4) is 0 Å². The molecular formula is C16H13N3O3. The van der Waals surface area contributed by atoms with Gasteiger partial charge in [-0.25, -0.2) is 9.78 Å². The summed E-state index contributed by atoms with van der Waals surface area (Å²) in [5.41, 5.74) is 2.67. The third-order valence-corrected chi connectivity index (χ3v) is 3.32. The van der Waals surface area contributed by atoms with Crippen molar-refractivity contribution >= 4 is 23.2 Å². The van der Waals surface area contributed by atoms with Crippen LogP contribution < -0.4 is 5.32 Å². The Hall–Kier alpha value is -3.15. The molecular weight excluding hydrogens is 282 g/mol. The van der Waals surface area contributed by atoms with Gasteiger partial charge in [-0.2, -0.15) is 0 Å². The monoisotopic (exact) mass is 295 g/mol. The molecule has 0 atom stereocenters. The minimum absolute atomic E-state index is 0.168. The van der Waals surface area contributed by atoms with Gasteiger partial charge in [-0.15, -0.1) is 0 Å². The van der Waals surface area contributed by atoms with Gasteiger partial charge in [0.15, 0.2) is 0 Å². The Kier molecular flexibility index (Phi) is 3.34. The van der Waals surface area contributed by atoms with Crippen LogP contribution in [0.5, 0.6) is 0 Å². The number of aryl methyl sites for hydroxylation is 1. The van der Waals surface area contributed by atoms with Crippen LogP contribution >= 0.6 is 0 Å². The molecule has 3 aromatic rings. The normalized spacial score (nSPS) is 10.6. The number of hydrogen-bond acceptors (Lipinski definition) is 3. The summed E-state index contributed by atoms with van der Waals surface area (Å²) in [7, 11) is 0. The lowest BCUT2D eigenvalue weighted by molar-refractivity contribution is 0.0696. The van der Waals surface area contributed by atoms with Gasteiger partial charge in [-0.05, 0) is 43.3 Å². The zero-order valence-corrected chi connectivity index (χ0v) is 11.8. The number of nitrogens with one attached hydrogen (secondary N) is 1. The van der Waals surface area contributed by atoms with Crippen LogP contribution in [0.15, 0.2) is 48.7 Å². The summed E-state index contributed by atoms with van der Waals surface area (Å²) in [6, 6.07) is 11.6. The number of fused-ring (bicyclic) bond motifs is 1. The van der Waals surface area contributed by atoms with E-state index in [-0.39, 0.29) is 11.5 Å². The van der Waals surface area contributed by atoms with Gasteiger partial charge in [-0.1, -0.05) is 6.07 Å². The quantitative estimate of drug-likeness (QED) is 0.778. The zero-order valence-electron chi connectivity index (χ0n) is 11.8. The van der Waals surface area contributed by atoms with E-state index < -0.39 is 5.97 Å². The maximum atomic E-state index is 12.2. The second-order valence-electron chi connectivity index (χ2n) is 4.86. The lowest BCUT2D eigenvalue weighted by Crippen LogP contribution is -2.12.